The molecule has 0 radical (unpaired) electrons. The third-order valence-electron chi connectivity index (χ3n) is 11.0. The van der Waals surface area contributed by atoms with Gasteiger partial charge < -0.3 is 14.7 Å². The first-order valence-electron chi connectivity index (χ1n) is 19.8. The molecule has 3 nitrogen and oxygen atoms in total. The molecule has 0 spiro atoms. The molecular weight excluding hydrogens is 755 g/mol. The first kappa shape index (κ1) is 35.0. The van der Waals surface area contributed by atoms with Crippen LogP contribution < -0.4 is 14.7 Å². The van der Waals surface area contributed by atoms with E-state index in [9.17, 15) is 0 Å². The highest BCUT2D eigenvalue weighted by atomic mass is 32.1. The van der Waals surface area contributed by atoms with Gasteiger partial charge in [0.05, 0.1) is 11.4 Å². The van der Waals surface area contributed by atoms with E-state index in [4.69, 9.17) is 0 Å². The van der Waals surface area contributed by atoms with Crippen LogP contribution in [0.1, 0.15) is 0 Å². The van der Waals surface area contributed by atoms with Gasteiger partial charge in [0, 0.05) is 80.2 Å². The second kappa shape index (κ2) is 15.0. The topological polar surface area (TPSA) is 9.72 Å². The van der Waals surface area contributed by atoms with Gasteiger partial charge in [0.15, 0.2) is 0 Å². The quantitative estimate of drug-likeness (QED) is 0.144. The molecule has 0 saturated carbocycles. The summed E-state index contributed by atoms with van der Waals surface area (Å²) in [7, 11) is 0. The lowest BCUT2D eigenvalue weighted by Crippen LogP contribution is -2.13. The number of anilines is 9. The fourth-order valence-electron chi connectivity index (χ4n) is 8.43. The van der Waals surface area contributed by atoms with Crippen molar-refractivity contribution in [3.63, 3.8) is 0 Å². The summed E-state index contributed by atoms with van der Waals surface area (Å²) in [6.45, 7) is 0. The number of benzene rings is 9. The zero-order valence-electron chi connectivity index (χ0n) is 32.0. The minimum atomic E-state index is 1.10. The Morgan fingerprint density at radius 2 is 0.661 bits per heavy atom. The Morgan fingerprint density at radius 3 is 1.24 bits per heavy atom. The molecule has 0 amide bonds. The maximum atomic E-state index is 2.46. The van der Waals surface area contributed by atoms with Crippen molar-refractivity contribution in [1.29, 1.82) is 0 Å². The Kier molecular flexibility index (Phi) is 8.88. The van der Waals surface area contributed by atoms with Crippen LogP contribution in [0.25, 0.3) is 40.3 Å². The predicted molar refractivity (Wildman–Crippen MR) is 256 cm³/mol. The fourth-order valence-corrected chi connectivity index (χ4v) is 10.8. The van der Waals surface area contributed by atoms with E-state index in [0.29, 0.717) is 0 Å². The van der Waals surface area contributed by atoms with Gasteiger partial charge in [0.25, 0.3) is 0 Å². The highest BCUT2D eigenvalue weighted by Crippen LogP contribution is 2.51. The van der Waals surface area contributed by atoms with E-state index in [-0.39, 0.29) is 0 Å². The number of rotatable bonds is 9. The van der Waals surface area contributed by atoms with Crippen LogP contribution in [-0.4, -0.2) is 0 Å². The van der Waals surface area contributed by atoms with Crippen LogP contribution in [0.5, 0.6) is 0 Å². The SMILES string of the molecule is c1ccc(N(c2ccccc2)c2ccc3c(c2)sc2cccc(N(c4ccccc4)c4cc(N(c5ccccc5)c5ccccc5)c5c(c4)sc4ccccc45)c23)cc1. The summed E-state index contributed by atoms with van der Waals surface area (Å²) >= 11 is 3.71. The Hall–Kier alpha value is -7.18. The number of para-hydroxylation sites is 5. The fraction of sp³-hybridized carbons (Fsp3) is 0. The van der Waals surface area contributed by atoms with Crippen molar-refractivity contribution in [3.05, 3.63) is 224 Å². The van der Waals surface area contributed by atoms with Gasteiger partial charge in [-0.2, -0.15) is 0 Å². The highest BCUT2D eigenvalue weighted by Gasteiger charge is 2.25. The van der Waals surface area contributed by atoms with Crippen molar-refractivity contribution in [3.8, 4) is 0 Å². The largest absolute Gasteiger partial charge is 0.310 e. The van der Waals surface area contributed by atoms with Gasteiger partial charge in [0.2, 0.25) is 0 Å². The van der Waals surface area contributed by atoms with Gasteiger partial charge in [-0.1, -0.05) is 121 Å². The maximum Gasteiger partial charge on any atom is 0.0575 e. The van der Waals surface area contributed by atoms with Gasteiger partial charge in [-0.25, -0.2) is 0 Å². The molecule has 59 heavy (non-hydrogen) atoms. The van der Waals surface area contributed by atoms with Crippen molar-refractivity contribution in [1.82, 2.24) is 0 Å². The molecule has 0 saturated heterocycles. The number of thiophene rings is 2. The Labute approximate surface area is 351 Å². The van der Waals surface area contributed by atoms with Crippen molar-refractivity contribution in [2.75, 3.05) is 14.7 Å². The number of fused-ring (bicyclic) bond motifs is 6. The Morgan fingerprint density at radius 1 is 0.237 bits per heavy atom. The number of hydrogen-bond donors (Lipinski definition) is 0. The first-order valence-corrected chi connectivity index (χ1v) is 21.5. The zero-order chi connectivity index (χ0) is 39.1. The molecule has 0 unspecified atom stereocenters. The smallest absolute Gasteiger partial charge is 0.0575 e. The zero-order valence-corrected chi connectivity index (χ0v) is 33.7. The maximum absolute atomic E-state index is 2.46. The molecular formula is C54H37N3S2. The van der Waals surface area contributed by atoms with Gasteiger partial charge in [-0.15, -0.1) is 22.7 Å². The molecule has 0 aliphatic rings. The van der Waals surface area contributed by atoms with Crippen LogP contribution in [0.3, 0.4) is 0 Å². The molecule has 0 aliphatic carbocycles. The van der Waals surface area contributed by atoms with Crippen LogP contribution in [0.2, 0.25) is 0 Å². The third kappa shape index (κ3) is 6.29. The Bertz CT molecular complexity index is 3140. The van der Waals surface area contributed by atoms with E-state index in [1.54, 1.807) is 0 Å². The second-order valence-electron chi connectivity index (χ2n) is 14.6. The molecule has 0 aliphatic heterocycles. The lowest BCUT2D eigenvalue weighted by Gasteiger charge is -2.30. The molecule has 280 valence electrons. The van der Waals surface area contributed by atoms with Crippen molar-refractivity contribution >= 4 is 114 Å². The predicted octanol–water partition coefficient (Wildman–Crippen LogP) is 16.8. The molecule has 0 bridgehead atoms. The molecule has 0 atom stereocenters. The summed E-state index contributed by atoms with van der Waals surface area (Å²) < 4.78 is 5.01. The minimum Gasteiger partial charge on any atom is -0.310 e. The lowest BCUT2D eigenvalue weighted by molar-refractivity contribution is 1.27. The summed E-state index contributed by atoms with van der Waals surface area (Å²) in [5.74, 6) is 0. The molecule has 11 rings (SSSR count). The normalized spacial score (nSPS) is 11.4. The summed E-state index contributed by atoms with van der Waals surface area (Å²) in [5, 5.41) is 5.00. The monoisotopic (exact) mass is 791 g/mol. The summed E-state index contributed by atoms with van der Waals surface area (Å²) in [4.78, 5) is 7.22. The molecule has 0 N–H and O–H groups in total. The Balaban J connectivity index is 1.15. The van der Waals surface area contributed by atoms with E-state index in [0.717, 1.165) is 51.2 Å². The van der Waals surface area contributed by atoms with Crippen molar-refractivity contribution in [2.45, 2.75) is 0 Å². The molecule has 0 fully saturated rings. The van der Waals surface area contributed by atoms with E-state index >= 15 is 0 Å². The summed E-state index contributed by atoms with van der Waals surface area (Å²) in [6.07, 6.45) is 0. The standard InChI is InChI=1S/C54H37N3S2/c1-6-19-38(20-7-1)55(39-21-8-2-9-22-39)43-33-34-46-51(36-43)59-50-32-18-30-47(53(46)50)57(42-27-14-5-15-28-42)44-35-48(54-45-29-16-17-31-49(45)58-52(54)37-44)56(40-23-10-3-11-24-40)41-25-12-4-13-26-41/h1-37H. The third-order valence-corrected chi connectivity index (χ3v) is 13.2. The summed E-state index contributed by atoms with van der Waals surface area (Å²) in [6, 6.07) is 81.0. The summed E-state index contributed by atoms with van der Waals surface area (Å²) in [5.41, 5.74) is 10.1. The first-order chi connectivity index (χ1) is 29.3. The van der Waals surface area contributed by atoms with Crippen LogP contribution in [0.4, 0.5) is 51.2 Å². The van der Waals surface area contributed by atoms with Crippen LogP contribution in [0.15, 0.2) is 224 Å². The van der Waals surface area contributed by atoms with Gasteiger partial charge in [0.1, 0.15) is 0 Å². The van der Waals surface area contributed by atoms with Crippen LogP contribution >= 0.6 is 22.7 Å². The molecule has 5 heteroatoms. The van der Waals surface area contributed by atoms with Crippen molar-refractivity contribution < 1.29 is 0 Å². The second-order valence-corrected chi connectivity index (χ2v) is 16.7. The molecule has 2 aromatic heterocycles. The molecule has 2 heterocycles. The van der Waals surface area contributed by atoms with Crippen LogP contribution in [-0.2, 0) is 0 Å². The van der Waals surface area contributed by atoms with Gasteiger partial charge in [-0.3, -0.25) is 0 Å². The van der Waals surface area contributed by atoms with E-state index in [2.05, 4.69) is 239 Å². The minimum absolute atomic E-state index is 1.10. The van der Waals surface area contributed by atoms with Gasteiger partial charge in [-0.05, 0) is 103 Å². The number of hydrogen-bond acceptors (Lipinski definition) is 5. The van der Waals surface area contributed by atoms with Crippen molar-refractivity contribution in [2.24, 2.45) is 0 Å². The van der Waals surface area contributed by atoms with E-state index < -0.39 is 0 Å². The van der Waals surface area contributed by atoms with Gasteiger partial charge >= 0.3 is 0 Å². The highest BCUT2D eigenvalue weighted by molar-refractivity contribution is 7.26. The lowest BCUT2D eigenvalue weighted by atomic mass is 10.0. The average molecular weight is 792 g/mol. The number of nitrogens with zero attached hydrogens (tertiary/aromatic N) is 3. The van der Waals surface area contributed by atoms with E-state index in [1.807, 2.05) is 22.7 Å². The molecule has 9 aromatic carbocycles. The average Bonchev–Trinajstić information content (AvgIpc) is 3.87. The van der Waals surface area contributed by atoms with Crippen LogP contribution in [0, 0.1) is 0 Å². The van der Waals surface area contributed by atoms with E-state index in [1.165, 1.54) is 40.3 Å². The molecule has 11 aromatic rings.